The van der Waals surface area contributed by atoms with E-state index >= 15 is 0 Å². The minimum atomic E-state index is -3.73. The van der Waals surface area contributed by atoms with E-state index in [9.17, 15) is 13.2 Å². The summed E-state index contributed by atoms with van der Waals surface area (Å²) in [5.41, 5.74) is 3.70. The van der Waals surface area contributed by atoms with Crippen LogP contribution in [-0.2, 0) is 15.4 Å². The third kappa shape index (κ3) is 4.86. The molecule has 7 rings (SSSR count). The second-order valence-corrected chi connectivity index (χ2v) is 14.0. The molecule has 3 aromatic rings. The van der Waals surface area contributed by atoms with Gasteiger partial charge in [-0.15, -0.1) is 11.3 Å². The number of nitrogens with zero attached hydrogens (tertiary/aromatic N) is 1. The van der Waals surface area contributed by atoms with Crippen molar-refractivity contribution in [2.75, 3.05) is 16.6 Å². The van der Waals surface area contributed by atoms with Crippen molar-refractivity contribution in [1.29, 1.82) is 0 Å². The lowest BCUT2D eigenvalue weighted by atomic mass is 9.43. The number of carbonyl (C=O) groups excluding carboxylic acids is 1. The van der Waals surface area contributed by atoms with Crippen molar-refractivity contribution in [3.05, 3.63) is 71.2 Å². The first-order chi connectivity index (χ1) is 17.7. The molecule has 2 aromatic carbocycles. The van der Waals surface area contributed by atoms with Gasteiger partial charge in [0.25, 0.3) is 10.0 Å². The largest absolute Gasteiger partial charge is 0.337 e. The van der Waals surface area contributed by atoms with E-state index in [2.05, 4.69) is 51.5 Å². The van der Waals surface area contributed by atoms with Crippen LogP contribution >= 0.6 is 11.3 Å². The molecular formula is C28H32N4O3S2. The van der Waals surface area contributed by atoms with Gasteiger partial charge >= 0.3 is 6.03 Å². The number of anilines is 2. The van der Waals surface area contributed by atoms with Gasteiger partial charge in [0.2, 0.25) is 0 Å². The highest BCUT2D eigenvalue weighted by Gasteiger charge is 2.58. The molecule has 2 unspecified atom stereocenters. The molecule has 3 N–H and O–H groups in total. The Morgan fingerprint density at radius 3 is 2.38 bits per heavy atom. The Balaban J connectivity index is 1.10. The van der Waals surface area contributed by atoms with Crippen LogP contribution in [0.15, 0.2) is 65.0 Å². The summed E-state index contributed by atoms with van der Waals surface area (Å²) < 4.78 is 27.5. The molecule has 4 aliphatic carbocycles. The summed E-state index contributed by atoms with van der Waals surface area (Å²) >= 11 is 1.21. The van der Waals surface area contributed by atoms with Crippen molar-refractivity contribution < 1.29 is 13.2 Å². The van der Waals surface area contributed by atoms with Crippen LogP contribution in [-0.4, -0.2) is 26.0 Å². The molecule has 0 radical (unpaired) electrons. The van der Waals surface area contributed by atoms with Gasteiger partial charge in [0, 0.05) is 23.8 Å². The zero-order chi connectivity index (χ0) is 25.7. The predicted molar refractivity (Wildman–Crippen MR) is 146 cm³/mol. The molecular weight excluding hydrogens is 504 g/mol. The second kappa shape index (κ2) is 9.13. The van der Waals surface area contributed by atoms with Crippen LogP contribution in [0.2, 0.25) is 0 Å². The Bertz CT molecular complexity index is 1370. The number of aromatic nitrogens is 1. The smallest absolute Gasteiger partial charge is 0.319 e. The molecule has 9 heteroatoms. The number of amides is 2. The van der Waals surface area contributed by atoms with Gasteiger partial charge in [0.05, 0.1) is 4.90 Å². The van der Waals surface area contributed by atoms with Gasteiger partial charge in [0.1, 0.15) is 0 Å². The van der Waals surface area contributed by atoms with Crippen molar-refractivity contribution >= 4 is 38.2 Å². The fraction of sp³-hybridized carbons (Fsp3) is 0.429. The topological polar surface area (TPSA) is 100 Å². The SMILES string of the molecule is Cc1ccc(C23CC4CC(CC(CNC(=O)Nc5ccc(S(=O)(=O)Nc6nccs6)cc5)(C4)C2)C3)cc1. The normalized spacial score (nSPS) is 28.1. The van der Waals surface area contributed by atoms with Gasteiger partial charge in [-0.1, -0.05) is 29.8 Å². The van der Waals surface area contributed by atoms with Crippen molar-refractivity contribution in [1.82, 2.24) is 10.3 Å². The Kier molecular flexibility index (Phi) is 6.03. The van der Waals surface area contributed by atoms with Crippen LogP contribution in [0.4, 0.5) is 15.6 Å². The highest BCUT2D eigenvalue weighted by Crippen LogP contribution is 2.65. The van der Waals surface area contributed by atoms with Crippen LogP contribution in [0.3, 0.4) is 0 Å². The lowest BCUT2D eigenvalue weighted by Gasteiger charge is -2.62. The van der Waals surface area contributed by atoms with E-state index in [-0.39, 0.29) is 21.8 Å². The summed E-state index contributed by atoms with van der Waals surface area (Å²) in [5, 5.41) is 8.04. The van der Waals surface area contributed by atoms with E-state index in [4.69, 9.17) is 0 Å². The second-order valence-electron chi connectivity index (χ2n) is 11.4. The number of hydrogen-bond acceptors (Lipinski definition) is 5. The van der Waals surface area contributed by atoms with Gasteiger partial charge in [-0.05, 0) is 97.9 Å². The number of carbonyl (C=O) groups is 1. The highest BCUT2D eigenvalue weighted by atomic mass is 32.2. The maximum absolute atomic E-state index is 12.8. The summed E-state index contributed by atoms with van der Waals surface area (Å²) in [6, 6.07) is 15.0. The Morgan fingerprint density at radius 1 is 1.03 bits per heavy atom. The number of urea groups is 1. The van der Waals surface area contributed by atoms with E-state index in [1.165, 1.54) is 66.7 Å². The molecule has 4 bridgehead atoms. The fourth-order valence-corrected chi connectivity index (χ4v) is 9.30. The quantitative estimate of drug-likeness (QED) is 0.349. The first-order valence-corrected chi connectivity index (χ1v) is 15.2. The zero-order valence-electron chi connectivity index (χ0n) is 20.9. The number of nitrogens with one attached hydrogen (secondary N) is 3. The molecule has 2 amide bonds. The van der Waals surface area contributed by atoms with Crippen molar-refractivity contribution in [3.63, 3.8) is 0 Å². The minimum Gasteiger partial charge on any atom is -0.337 e. The van der Waals surface area contributed by atoms with Gasteiger partial charge in [-0.3, -0.25) is 4.72 Å². The molecule has 194 valence electrons. The van der Waals surface area contributed by atoms with Crippen LogP contribution in [0.5, 0.6) is 0 Å². The maximum atomic E-state index is 12.8. The molecule has 0 spiro atoms. The molecule has 4 saturated carbocycles. The third-order valence-electron chi connectivity index (χ3n) is 8.55. The molecule has 4 fully saturated rings. The molecule has 7 nitrogen and oxygen atoms in total. The van der Waals surface area contributed by atoms with Crippen molar-refractivity contribution in [2.24, 2.45) is 17.3 Å². The van der Waals surface area contributed by atoms with E-state index < -0.39 is 10.0 Å². The van der Waals surface area contributed by atoms with E-state index in [1.54, 1.807) is 23.7 Å². The number of benzene rings is 2. The van der Waals surface area contributed by atoms with E-state index in [0.29, 0.717) is 17.4 Å². The zero-order valence-corrected chi connectivity index (χ0v) is 22.5. The molecule has 0 aliphatic heterocycles. The highest BCUT2D eigenvalue weighted by molar-refractivity contribution is 7.93. The predicted octanol–water partition coefficient (Wildman–Crippen LogP) is 5.91. The van der Waals surface area contributed by atoms with Gasteiger partial charge < -0.3 is 10.6 Å². The third-order valence-corrected chi connectivity index (χ3v) is 10.7. The molecule has 1 heterocycles. The molecule has 1 aromatic heterocycles. The average molecular weight is 537 g/mol. The van der Waals surface area contributed by atoms with E-state index in [1.807, 2.05) is 0 Å². The lowest BCUT2D eigenvalue weighted by Crippen LogP contribution is -2.57. The van der Waals surface area contributed by atoms with E-state index in [0.717, 1.165) is 18.3 Å². The molecule has 4 aliphatic rings. The van der Waals surface area contributed by atoms with Gasteiger partial charge in [0.15, 0.2) is 5.13 Å². The standard InChI is InChI=1S/C28H32N4O3S2/c1-19-2-4-22(5-3-19)28-15-20-12-21(16-28)14-27(13-20,17-28)18-30-25(33)31-23-6-8-24(9-7-23)37(34,35)32-26-29-10-11-36-26/h2-11,20-21H,12-18H2,1H3,(H,29,32)(H2,30,31,33). The summed E-state index contributed by atoms with van der Waals surface area (Å²) in [7, 11) is -3.73. The Hall–Kier alpha value is -2.91. The molecule has 37 heavy (non-hydrogen) atoms. The molecule has 2 atom stereocenters. The first-order valence-electron chi connectivity index (χ1n) is 12.9. The van der Waals surface area contributed by atoms with Crippen molar-refractivity contribution in [2.45, 2.75) is 55.8 Å². The summed E-state index contributed by atoms with van der Waals surface area (Å²) in [4.78, 5) is 16.9. The van der Waals surface area contributed by atoms with Gasteiger partial charge in [-0.25, -0.2) is 18.2 Å². The Labute approximate surface area is 222 Å². The maximum Gasteiger partial charge on any atom is 0.319 e. The number of thiazole rings is 1. The first kappa shape index (κ1) is 24.4. The number of hydrogen-bond donors (Lipinski definition) is 3. The average Bonchev–Trinajstić information content (AvgIpc) is 3.35. The summed E-state index contributed by atoms with van der Waals surface area (Å²) in [6.45, 7) is 2.81. The number of sulfonamides is 1. The van der Waals surface area contributed by atoms with Crippen LogP contribution in [0.25, 0.3) is 0 Å². The summed E-state index contributed by atoms with van der Waals surface area (Å²) in [5.74, 6) is 1.47. The number of aryl methyl sites for hydroxylation is 1. The lowest BCUT2D eigenvalue weighted by molar-refractivity contribution is -0.0692. The van der Waals surface area contributed by atoms with Crippen molar-refractivity contribution in [3.8, 4) is 0 Å². The van der Waals surface area contributed by atoms with Crippen LogP contribution < -0.4 is 15.4 Å². The minimum absolute atomic E-state index is 0.114. The van der Waals surface area contributed by atoms with Crippen LogP contribution in [0, 0.1) is 24.2 Å². The fourth-order valence-electron chi connectivity index (χ4n) is 7.51. The van der Waals surface area contributed by atoms with Gasteiger partial charge in [-0.2, -0.15) is 0 Å². The molecule has 0 saturated heterocycles. The number of rotatable bonds is 7. The van der Waals surface area contributed by atoms with Crippen LogP contribution in [0.1, 0.15) is 49.7 Å². The Morgan fingerprint density at radius 2 is 1.73 bits per heavy atom. The summed E-state index contributed by atoms with van der Waals surface area (Å²) in [6.07, 6.45) is 8.93. The monoisotopic (exact) mass is 536 g/mol.